The van der Waals surface area contributed by atoms with E-state index in [4.69, 9.17) is 11.6 Å². The van der Waals surface area contributed by atoms with Gasteiger partial charge < -0.3 is 5.32 Å². The first kappa shape index (κ1) is 22.3. The highest BCUT2D eigenvalue weighted by atomic mass is 35.5. The Balaban J connectivity index is 1.72. The van der Waals surface area contributed by atoms with Crippen molar-refractivity contribution in [3.05, 3.63) is 81.0 Å². The fraction of sp³-hybridized carbons (Fsp3) is 0.136. The fourth-order valence-electron chi connectivity index (χ4n) is 3.47. The third-order valence-corrected chi connectivity index (χ3v) is 5.27. The van der Waals surface area contributed by atoms with Crippen molar-refractivity contribution >= 4 is 39.9 Å². The Labute approximate surface area is 191 Å². The van der Waals surface area contributed by atoms with Crippen molar-refractivity contribution in [2.75, 3.05) is 5.32 Å². The number of hydrogen-bond donors (Lipinski definition) is 1. The first-order valence-corrected chi connectivity index (χ1v) is 10.1. The molecule has 0 atom stereocenters. The van der Waals surface area contributed by atoms with E-state index in [1.807, 2.05) is 0 Å². The average Bonchev–Trinajstić information content (AvgIpc) is 3.10. The van der Waals surface area contributed by atoms with E-state index in [0.29, 0.717) is 17.0 Å². The maximum Gasteiger partial charge on any atom is 0.271 e. The summed E-state index contributed by atoms with van der Waals surface area (Å²) in [6.07, 6.45) is -2.77. The summed E-state index contributed by atoms with van der Waals surface area (Å²) in [7, 11) is 0. The van der Waals surface area contributed by atoms with Crippen molar-refractivity contribution in [3.63, 3.8) is 0 Å². The van der Waals surface area contributed by atoms with Crippen molar-refractivity contribution in [1.82, 2.24) is 14.8 Å². The van der Waals surface area contributed by atoms with Gasteiger partial charge >= 0.3 is 0 Å². The number of alkyl halides is 2. The molecular formula is C22H16ClF2N5O3. The molecule has 0 saturated heterocycles. The summed E-state index contributed by atoms with van der Waals surface area (Å²) in [5.74, 6) is -0.604. The largest absolute Gasteiger partial charge is 0.323 e. The smallest absolute Gasteiger partial charge is 0.271 e. The average molecular weight is 472 g/mol. The molecule has 1 amide bonds. The van der Waals surface area contributed by atoms with E-state index in [2.05, 4.69) is 15.4 Å². The summed E-state index contributed by atoms with van der Waals surface area (Å²) in [5.41, 5.74) is 0.963. The number of non-ortho nitro benzene ring substituents is 1. The second-order valence-electron chi connectivity index (χ2n) is 7.17. The number of rotatable bonds is 6. The molecule has 33 heavy (non-hydrogen) atoms. The van der Waals surface area contributed by atoms with Gasteiger partial charge in [-0.3, -0.25) is 14.9 Å². The minimum Gasteiger partial charge on any atom is -0.323 e. The molecule has 0 fully saturated rings. The molecule has 168 valence electrons. The van der Waals surface area contributed by atoms with Crippen LogP contribution in [0.1, 0.15) is 17.7 Å². The van der Waals surface area contributed by atoms with Crippen LogP contribution in [-0.2, 0) is 11.3 Å². The van der Waals surface area contributed by atoms with E-state index < -0.39 is 17.3 Å². The fourth-order valence-corrected chi connectivity index (χ4v) is 3.64. The van der Waals surface area contributed by atoms with Gasteiger partial charge in [0.2, 0.25) is 5.91 Å². The van der Waals surface area contributed by atoms with E-state index in [-0.39, 0.29) is 39.5 Å². The van der Waals surface area contributed by atoms with Crippen molar-refractivity contribution in [3.8, 4) is 11.3 Å². The number of hydrogen-bond acceptors (Lipinski definition) is 5. The van der Waals surface area contributed by atoms with Crippen LogP contribution in [-0.4, -0.2) is 25.6 Å². The van der Waals surface area contributed by atoms with Gasteiger partial charge in [-0.25, -0.2) is 18.4 Å². The van der Waals surface area contributed by atoms with Crippen molar-refractivity contribution in [2.45, 2.75) is 19.9 Å². The van der Waals surface area contributed by atoms with Crippen molar-refractivity contribution in [1.29, 1.82) is 0 Å². The molecule has 0 bridgehead atoms. The van der Waals surface area contributed by atoms with Gasteiger partial charge in [0.15, 0.2) is 5.65 Å². The molecule has 2 aromatic carbocycles. The third-order valence-electron chi connectivity index (χ3n) is 4.94. The van der Waals surface area contributed by atoms with Gasteiger partial charge in [-0.05, 0) is 19.1 Å². The first-order valence-electron chi connectivity index (χ1n) is 9.70. The Bertz CT molecular complexity index is 1380. The van der Waals surface area contributed by atoms with Gasteiger partial charge in [-0.2, -0.15) is 5.10 Å². The van der Waals surface area contributed by atoms with E-state index in [1.165, 1.54) is 22.9 Å². The minimum atomic E-state index is -2.77. The number of aryl methyl sites for hydroxylation is 1. The van der Waals surface area contributed by atoms with Crippen LogP contribution < -0.4 is 5.32 Å². The molecule has 2 aromatic heterocycles. The van der Waals surface area contributed by atoms with Crippen LogP contribution in [0.15, 0.2) is 54.6 Å². The zero-order chi connectivity index (χ0) is 23.7. The first-order chi connectivity index (χ1) is 15.7. The molecule has 0 saturated carbocycles. The minimum absolute atomic E-state index is 0.0512. The van der Waals surface area contributed by atoms with E-state index in [9.17, 15) is 23.7 Å². The predicted molar refractivity (Wildman–Crippen MR) is 119 cm³/mol. The number of nitrogens with one attached hydrogen (secondary N) is 1. The number of nitro benzene ring substituents is 1. The number of halogens is 3. The molecule has 0 aliphatic carbocycles. The van der Waals surface area contributed by atoms with Crippen LogP contribution >= 0.6 is 11.6 Å². The lowest BCUT2D eigenvalue weighted by atomic mass is 10.1. The second kappa shape index (κ2) is 8.91. The molecule has 0 spiro atoms. The number of anilines is 1. The molecule has 4 aromatic rings. The van der Waals surface area contributed by atoms with Gasteiger partial charge in [0.05, 0.1) is 32.4 Å². The number of amides is 1. The highest BCUT2D eigenvalue weighted by Gasteiger charge is 2.22. The number of benzene rings is 2. The summed E-state index contributed by atoms with van der Waals surface area (Å²) < 4.78 is 29.0. The number of aromatic nitrogens is 3. The number of fused-ring (bicyclic) bond motifs is 1. The quantitative estimate of drug-likeness (QED) is 0.293. The van der Waals surface area contributed by atoms with Gasteiger partial charge in [0, 0.05) is 23.3 Å². The predicted octanol–water partition coefficient (Wildman–Crippen LogP) is 5.54. The number of nitrogens with zero attached hydrogens (tertiary/aromatic N) is 4. The number of carbonyl (C=O) groups is 1. The van der Waals surface area contributed by atoms with Crippen LogP contribution in [0.2, 0.25) is 5.02 Å². The molecule has 0 unspecified atom stereocenters. The molecule has 8 nitrogen and oxygen atoms in total. The Morgan fingerprint density at radius 2 is 1.94 bits per heavy atom. The second-order valence-corrected chi connectivity index (χ2v) is 7.58. The molecule has 11 heteroatoms. The lowest BCUT2D eigenvalue weighted by Crippen LogP contribution is -2.20. The summed E-state index contributed by atoms with van der Waals surface area (Å²) in [4.78, 5) is 27.5. The Morgan fingerprint density at radius 1 is 1.21 bits per heavy atom. The van der Waals surface area contributed by atoms with Gasteiger partial charge in [0.25, 0.3) is 12.1 Å². The molecule has 1 N–H and O–H groups in total. The SMILES string of the molecule is Cc1nn(CC(=O)Nc2cc([N+](=O)[O-])ccc2Cl)c2nc(-c3ccccc3)cc(C(F)F)c12. The standard InChI is InChI=1S/C22H16ClF2N5O3/c1-12-20-15(21(24)25)10-17(13-5-3-2-4-6-13)27-22(20)29(28-12)11-19(31)26-18-9-14(30(32)33)7-8-16(18)23/h2-10,21H,11H2,1H3,(H,26,31). The molecule has 0 aliphatic rings. The van der Waals surface area contributed by atoms with Gasteiger partial charge in [0.1, 0.15) is 6.54 Å². The molecule has 2 heterocycles. The van der Waals surface area contributed by atoms with Crippen LogP contribution in [0.4, 0.5) is 20.2 Å². The summed E-state index contributed by atoms with van der Waals surface area (Å²) in [5, 5.41) is 18.0. The van der Waals surface area contributed by atoms with Crippen molar-refractivity contribution in [2.24, 2.45) is 0 Å². The Hall–Kier alpha value is -3.92. The molecule has 0 radical (unpaired) electrons. The van der Waals surface area contributed by atoms with Gasteiger partial charge in [-0.15, -0.1) is 0 Å². The zero-order valence-corrected chi connectivity index (χ0v) is 17.9. The Morgan fingerprint density at radius 3 is 2.61 bits per heavy atom. The highest BCUT2D eigenvalue weighted by Crippen LogP contribution is 2.33. The lowest BCUT2D eigenvalue weighted by molar-refractivity contribution is -0.384. The summed E-state index contributed by atoms with van der Waals surface area (Å²) in [6, 6.07) is 13.8. The normalized spacial score (nSPS) is 11.2. The molecule has 4 rings (SSSR count). The maximum absolute atomic E-state index is 13.9. The Kier molecular flexibility index (Phi) is 6.01. The van der Waals surface area contributed by atoms with E-state index in [0.717, 1.165) is 6.07 Å². The molecule has 0 aliphatic heterocycles. The summed E-state index contributed by atoms with van der Waals surface area (Å²) in [6.45, 7) is 1.20. The molecular weight excluding hydrogens is 456 g/mol. The van der Waals surface area contributed by atoms with Crippen molar-refractivity contribution < 1.29 is 18.5 Å². The van der Waals surface area contributed by atoms with Crippen LogP contribution in [0.3, 0.4) is 0 Å². The van der Waals surface area contributed by atoms with Gasteiger partial charge in [-0.1, -0.05) is 41.9 Å². The zero-order valence-electron chi connectivity index (χ0n) is 17.1. The monoisotopic (exact) mass is 471 g/mol. The van der Waals surface area contributed by atoms with E-state index in [1.54, 1.807) is 37.3 Å². The third kappa shape index (κ3) is 4.51. The summed E-state index contributed by atoms with van der Waals surface area (Å²) >= 11 is 6.04. The van der Waals surface area contributed by atoms with Crippen LogP contribution in [0, 0.1) is 17.0 Å². The van der Waals surface area contributed by atoms with Crippen LogP contribution in [0.5, 0.6) is 0 Å². The number of nitro groups is 1. The number of pyridine rings is 1. The number of carbonyl (C=O) groups excluding carboxylic acids is 1. The maximum atomic E-state index is 13.9. The highest BCUT2D eigenvalue weighted by molar-refractivity contribution is 6.33. The van der Waals surface area contributed by atoms with E-state index >= 15 is 0 Å². The lowest BCUT2D eigenvalue weighted by Gasteiger charge is -2.10. The van der Waals surface area contributed by atoms with Crippen LogP contribution in [0.25, 0.3) is 22.3 Å². The topological polar surface area (TPSA) is 103 Å².